The van der Waals surface area contributed by atoms with Crippen molar-refractivity contribution in [1.82, 2.24) is 19.8 Å². The van der Waals surface area contributed by atoms with Crippen LogP contribution in [0.3, 0.4) is 0 Å². The Morgan fingerprint density at radius 2 is 2.00 bits per heavy atom. The Morgan fingerprint density at radius 3 is 2.63 bits per heavy atom. The zero-order valence-electron chi connectivity index (χ0n) is 11.0. The minimum absolute atomic E-state index is 0.0881. The molecule has 0 aromatic carbocycles. The molecular formula is C13H20N4OS. The molecule has 6 heteroatoms. The average Bonchev–Trinajstić information content (AvgIpc) is 3.02. The molecule has 3 rings (SSSR count). The summed E-state index contributed by atoms with van der Waals surface area (Å²) in [6.45, 7) is 4.16. The van der Waals surface area contributed by atoms with Gasteiger partial charge in [-0.3, -0.25) is 9.69 Å². The van der Waals surface area contributed by atoms with E-state index in [1.54, 1.807) is 12.5 Å². The maximum Gasteiger partial charge on any atom is 0.271 e. The van der Waals surface area contributed by atoms with Gasteiger partial charge in [0, 0.05) is 43.7 Å². The van der Waals surface area contributed by atoms with E-state index in [0.717, 1.165) is 25.9 Å². The third-order valence-electron chi connectivity index (χ3n) is 4.04. The Morgan fingerprint density at radius 1 is 1.26 bits per heavy atom. The first-order valence-corrected chi connectivity index (χ1v) is 8.09. The Balaban J connectivity index is 1.53. The van der Waals surface area contributed by atoms with Gasteiger partial charge in [0.1, 0.15) is 5.69 Å². The lowest BCUT2D eigenvalue weighted by Gasteiger charge is -2.39. The second-order valence-electron chi connectivity index (χ2n) is 5.14. The number of H-pyrrole nitrogens is 1. The molecule has 0 atom stereocenters. The number of piperidine rings is 1. The number of hydrogen-bond donors (Lipinski definition) is 1. The molecule has 2 fully saturated rings. The number of likely N-dealkylation sites (tertiary alicyclic amines) is 1. The number of carbonyl (C=O) groups is 1. The number of imidazole rings is 1. The molecule has 1 N–H and O–H groups in total. The van der Waals surface area contributed by atoms with E-state index in [-0.39, 0.29) is 5.91 Å². The van der Waals surface area contributed by atoms with Crippen LogP contribution < -0.4 is 0 Å². The summed E-state index contributed by atoms with van der Waals surface area (Å²) in [6.07, 6.45) is 5.37. The van der Waals surface area contributed by atoms with E-state index in [1.807, 2.05) is 16.7 Å². The molecule has 0 saturated carbocycles. The highest BCUT2D eigenvalue weighted by atomic mass is 32.2. The maximum atomic E-state index is 12.2. The molecule has 1 aromatic rings. The molecule has 0 aliphatic carbocycles. The second-order valence-corrected chi connectivity index (χ2v) is 6.36. The first-order valence-electron chi connectivity index (χ1n) is 6.94. The fraction of sp³-hybridized carbons (Fsp3) is 0.692. The first-order chi connectivity index (χ1) is 9.34. The highest BCUT2D eigenvalue weighted by molar-refractivity contribution is 7.99. The predicted molar refractivity (Wildman–Crippen MR) is 76.4 cm³/mol. The minimum Gasteiger partial charge on any atom is -0.341 e. The predicted octanol–water partition coefficient (Wildman–Crippen LogP) is 1.06. The summed E-state index contributed by atoms with van der Waals surface area (Å²) in [5.41, 5.74) is 0.604. The van der Waals surface area contributed by atoms with Gasteiger partial charge in [-0.15, -0.1) is 0 Å². The Labute approximate surface area is 117 Å². The zero-order valence-corrected chi connectivity index (χ0v) is 11.9. The van der Waals surface area contributed by atoms with Crippen LogP contribution in [0, 0.1) is 0 Å². The topological polar surface area (TPSA) is 52.2 Å². The summed E-state index contributed by atoms with van der Waals surface area (Å²) < 4.78 is 0. The molecule has 3 heterocycles. The van der Waals surface area contributed by atoms with Crippen LogP contribution >= 0.6 is 11.8 Å². The molecule has 5 nitrogen and oxygen atoms in total. The zero-order chi connectivity index (χ0) is 13.1. The minimum atomic E-state index is 0.0881. The van der Waals surface area contributed by atoms with Crippen LogP contribution in [-0.4, -0.2) is 69.4 Å². The van der Waals surface area contributed by atoms with Gasteiger partial charge in [0.05, 0.1) is 12.5 Å². The highest BCUT2D eigenvalue weighted by Crippen LogP contribution is 2.21. The van der Waals surface area contributed by atoms with E-state index < -0.39 is 0 Å². The van der Waals surface area contributed by atoms with Crippen LogP contribution in [0.25, 0.3) is 0 Å². The molecule has 2 aliphatic rings. The van der Waals surface area contributed by atoms with Crippen molar-refractivity contribution in [1.29, 1.82) is 0 Å². The van der Waals surface area contributed by atoms with Crippen molar-refractivity contribution in [3.63, 3.8) is 0 Å². The molecule has 0 unspecified atom stereocenters. The van der Waals surface area contributed by atoms with Crippen molar-refractivity contribution in [3.8, 4) is 0 Å². The third-order valence-corrected chi connectivity index (χ3v) is 4.98. The quantitative estimate of drug-likeness (QED) is 0.880. The maximum absolute atomic E-state index is 12.2. The molecule has 1 amide bonds. The molecule has 1 aromatic heterocycles. The van der Waals surface area contributed by atoms with Gasteiger partial charge in [-0.1, -0.05) is 0 Å². The van der Waals surface area contributed by atoms with E-state index in [1.165, 1.54) is 24.6 Å². The molecule has 2 saturated heterocycles. The number of nitrogens with zero attached hydrogens (tertiary/aromatic N) is 3. The number of nitrogens with one attached hydrogen (secondary N) is 1. The summed E-state index contributed by atoms with van der Waals surface area (Å²) in [5, 5.41) is 0. The standard InChI is InChI=1S/C13H20N4OS/c18-13(12-9-14-10-15-12)17-3-1-11(2-4-17)16-5-7-19-8-6-16/h9-11H,1-8H2,(H,14,15). The smallest absolute Gasteiger partial charge is 0.271 e. The lowest BCUT2D eigenvalue weighted by molar-refractivity contribution is 0.0626. The Kier molecular flexibility index (Phi) is 4.08. The fourth-order valence-corrected chi connectivity index (χ4v) is 3.85. The number of amides is 1. The van der Waals surface area contributed by atoms with Gasteiger partial charge in [-0.25, -0.2) is 4.98 Å². The number of thioether (sulfide) groups is 1. The van der Waals surface area contributed by atoms with Crippen molar-refractivity contribution in [3.05, 3.63) is 18.2 Å². The van der Waals surface area contributed by atoms with Gasteiger partial charge in [-0.05, 0) is 12.8 Å². The largest absolute Gasteiger partial charge is 0.341 e. The highest BCUT2D eigenvalue weighted by Gasteiger charge is 2.28. The van der Waals surface area contributed by atoms with Crippen molar-refractivity contribution in [2.75, 3.05) is 37.7 Å². The monoisotopic (exact) mass is 280 g/mol. The van der Waals surface area contributed by atoms with Crippen molar-refractivity contribution in [2.24, 2.45) is 0 Å². The second kappa shape index (κ2) is 5.96. The number of rotatable bonds is 2. The van der Waals surface area contributed by atoms with Gasteiger partial charge in [-0.2, -0.15) is 11.8 Å². The van der Waals surface area contributed by atoms with Crippen molar-refractivity contribution >= 4 is 17.7 Å². The Hall–Kier alpha value is -1.01. The normalized spacial score (nSPS) is 22.6. The molecular weight excluding hydrogens is 260 g/mol. The summed E-state index contributed by atoms with van der Waals surface area (Å²) in [5.74, 6) is 2.60. The van der Waals surface area contributed by atoms with Crippen LogP contribution in [0.2, 0.25) is 0 Å². The molecule has 0 spiro atoms. The third kappa shape index (κ3) is 2.95. The molecule has 104 valence electrons. The fourth-order valence-electron chi connectivity index (χ4n) is 2.92. The van der Waals surface area contributed by atoms with Gasteiger partial charge in [0.2, 0.25) is 0 Å². The summed E-state index contributed by atoms with van der Waals surface area (Å²) in [6, 6.07) is 0.673. The summed E-state index contributed by atoms with van der Waals surface area (Å²) >= 11 is 2.05. The van der Waals surface area contributed by atoms with Crippen molar-refractivity contribution in [2.45, 2.75) is 18.9 Å². The van der Waals surface area contributed by atoms with E-state index in [0.29, 0.717) is 11.7 Å². The van der Waals surface area contributed by atoms with Crippen LogP contribution in [0.1, 0.15) is 23.3 Å². The van der Waals surface area contributed by atoms with Gasteiger partial charge in [0.25, 0.3) is 5.91 Å². The first kappa shape index (κ1) is 13.0. The SMILES string of the molecule is O=C(c1cnc[nH]1)N1CCC(N2CCSCC2)CC1. The van der Waals surface area contributed by atoms with Crippen LogP contribution in [-0.2, 0) is 0 Å². The van der Waals surface area contributed by atoms with E-state index in [9.17, 15) is 4.79 Å². The van der Waals surface area contributed by atoms with E-state index >= 15 is 0 Å². The Bertz CT molecular complexity index is 408. The number of carbonyl (C=O) groups excluding carboxylic acids is 1. The molecule has 0 radical (unpaired) electrons. The number of aromatic nitrogens is 2. The summed E-state index contributed by atoms with van der Waals surface area (Å²) in [4.78, 5) is 23.5. The van der Waals surface area contributed by atoms with E-state index in [2.05, 4.69) is 14.9 Å². The van der Waals surface area contributed by atoms with E-state index in [4.69, 9.17) is 0 Å². The van der Waals surface area contributed by atoms with Crippen LogP contribution in [0.15, 0.2) is 12.5 Å². The molecule has 0 bridgehead atoms. The summed E-state index contributed by atoms with van der Waals surface area (Å²) in [7, 11) is 0. The average molecular weight is 280 g/mol. The van der Waals surface area contributed by atoms with Gasteiger partial charge in [0.15, 0.2) is 0 Å². The number of aromatic amines is 1. The lowest BCUT2D eigenvalue weighted by atomic mass is 10.0. The molecule has 19 heavy (non-hydrogen) atoms. The van der Waals surface area contributed by atoms with Crippen LogP contribution in [0.4, 0.5) is 0 Å². The van der Waals surface area contributed by atoms with Gasteiger partial charge < -0.3 is 9.88 Å². The van der Waals surface area contributed by atoms with Crippen LogP contribution in [0.5, 0.6) is 0 Å². The lowest BCUT2D eigenvalue weighted by Crippen LogP contribution is -2.49. The van der Waals surface area contributed by atoms with Gasteiger partial charge >= 0.3 is 0 Å². The van der Waals surface area contributed by atoms with Crippen molar-refractivity contribution < 1.29 is 4.79 Å². The number of hydrogen-bond acceptors (Lipinski definition) is 4. The molecule has 2 aliphatic heterocycles.